The average Bonchev–Trinajstić information content (AvgIpc) is 2.78. The summed E-state index contributed by atoms with van der Waals surface area (Å²) in [6.07, 6.45) is 0.343. The predicted octanol–water partition coefficient (Wildman–Crippen LogP) is 3.05. The monoisotopic (exact) mass is 433 g/mol. The molecule has 1 aromatic heterocycles. The van der Waals surface area contributed by atoms with E-state index in [1.165, 1.54) is 12.1 Å². The summed E-state index contributed by atoms with van der Waals surface area (Å²) in [5, 5.41) is 28.9. The third kappa shape index (κ3) is 4.12. The molecule has 0 unspecified atom stereocenters. The van der Waals surface area contributed by atoms with Gasteiger partial charge in [0.15, 0.2) is 16.9 Å². The van der Waals surface area contributed by atoms with Crippen LogP contribution in [0.25, 0.3) is 22.3 Å². The molecule has 0 saturated carbocycles. The number of ether oxygens (including phenoxy) is 1. The molecule has 0 spiro atoms. The zero-order chi connectivity index (χ0) is 22.8. The first-order valence-corrected chi connectivity index (χ1v) is 9.67. The third-order valence-electron chi connectivity index (χ3n) is 4.90. The summed E-state index contributed by atoms with van der Waals surface area (Å²) in [6.45, 7) is 0. The van der Waals surface area contributed by atoms with E-state index in [0.29, 0.717) is 12.0 Å². The first-order chi connectivity index (χ1) is 15.3. The van der Waals surface area contributed by atoms with E-state index in [4.69, 9.17) is 14.9 Å². The highest BCUT2D eigenvalue weighted by Gasteiger charge is 2.18. The molecule has 0 aliphatic heterocycles. The molecule has 8 heteroatoms. The van der Waals surface area contributed by atoms with Crippen molar-refractivity contribution in [2.45, 2.75) is 12.5 Å². The maximum absolute atomic E-state index is 12.4. The van der Waals surface area contributed by atoms with Crippen LogP contribution in [0, 0.1) is 0 Å². The lowest BCUT2D eigenvalue weighted by atomic mass is 10.1. The first-order valence-electron chi connectivity index (χ1n) is 9.67. The fourth-order valence-electron chi connectivity index (χ4n) is 3.25. The van der Waals surface area contributed by atoms with Crippen LogP contribution in [0.2, 0.25) is 0 Å². The lowest BCUT2D eigenvalue weighted by molar-refractivity contribution is -0.135. The van der Waals surface area contributed by atoms with Crippen molar-refractivity contribution >= 4 is 16.9 Å². The van der Waals surface area contributed by atoms with E-state index in [-0.39, 0.29) is 22.5 Å². The van der Waals surface area contributed by atoms with Crippen LogP contribution in [0.5, 0.6) is 23.0 Å². The van der Waals surface area contributed by atoms with Crippen LogP contribution in [-0.2, 0) is 11.2 Å². The van der Waals surface area contributed by atoms with Gasteiger partial charge in [0.1, 0.15) is 28.5 Å². The molecule has 0 aliphatic rings. The average molecular weight is 433 g/mol. The Bertz CT molecular complexity index is 1350. The Balaban J connectivity index is 1.53. The van der Waals surface area contributed by atoms with Crippen LogP contribution in [-0.4, -0.2) is 27.3 Å². The molecule has 0 radical (unpaired) electrons. The molecule has 3 aromatic carbocycles. The van der Waals surface area contributed by atoms with E-state index in [9.17, 15) is 24.9 Å². The highest BCUT2D eigenvalue weighted by Crippen LogP contribution is 2.40. The molecule has 32 heavy (non-hydrogen) atoms. The van der Waals surface area contributed by atoms with Gasteiger partial charge in [0.2, 0.25) is 5.75 Å². The number of benzene rings is 3. The van der Waals surface area contributed by atoms with Crippen LogP contribution in [0.4, 0.5) is 0 Å². The summed E-state index contributed by atoms with van der Waals surface area (Å²) in [6, 6.07) is 16.9. The van der Waals surface area contributed by atoms with Gasteiger partial charge >= 0.3 is 5.97 Å². The Kier molecular flexibility index (Phi) is 5.53. The van der Waals surface area contributed by atoms with Gasteiger partial charge in [-0.25, -0.2) is 4.79 Å². The van der Waals surface area contributed by atoms with Gasteiger partial charge in [-0.05, 0) is 36.2 Å². The standard InChI is InChI=1S/C24H19NO7/c25-16(10-13-4-2-1-3-5-13)24(30)31-15-8-6-14(7-9-15)19-11-17(26)21-20(32-19)12-18(27)22(28)23(21)29/h1-9,11-12,16,27-29H,10,25H2/t16-/m0/s1. The normalized spacial score (nSPS) is 11.9. The number of phenolic OH excluding ortho intramolecular Hbond substituents is 3. The lowest BCUT2D eigenvalue weighted by Crippen LogP contribution is -2.36. The number of carbonyl (C=O) groups is 1. The van der Waals surface area contributed by atoms with Crippen LogP contribution in [0.3, 0.4) is 0 Å². The smallest absolute Gasteiger partial charge is 0.328 e. The molecule has 8 nitrogen and oxygen atoms in total. The van der Waals surface area contributed by atoms with Gasteiger partial charge in [-0.3, -0.25) is 4.79 Å². The van der Waals surface area contributed by atoms with Gasteiger partial charge in [-0.15, -0.1) is 0 Å². The van der Waals surface area contributed by atoms with Gasteiger partial charge in [-0.1, -0.05) is 30.3 Å². The number of nitrogens with two attached hydrogens (primary N) is 1. The van der Waals surface area contributed by atoms with Crippen molar-refractivity contribution in [2.24, 2.45) is 5.73 Å². The molecule has 0 aliphatic carbocycles. The maximum atomic E-state index is 12.4. The summed E-state index contributed by atoms with van der Waals surface area (Å²) in [7, 11) is 0. The predicted molar refractivity (Wildman–Crippen MR) is 117 cm³/mol. The highest BCUT2D eigenvalue weighted by atomic mass is 16.5. The minimum Gasteiger partial charge on any atom is -0.504 e. The number of fused-ring (bicyclic) bond motifs is 1. The SMILES string of the molecule is N[C@@H](Cc1ccccc1)C(=O)Oc1ccc(-c2cc(=O)c3c(O)c(O)c(O)cc3o2)cc1. The second-order valence-corrected chi connectivity index (χ2v) is 7.18. The van der Waals surface area contributed by atoms with Crippen molar-refractivity contribution in [3.8, 4) is 34.3 Å². The van der Waals surface area contributed by atoms with Crippen molar-refractivity contribution in [1.29, 1.82) is 0 Å². The molecule has 0 amide bonds. The summed E-state index contributed by atoms with van der Waals surface area (Å²) < 4.78 is 10.9. The zero-order valence-electron chi connectivity index (χ0n) is 16.7. The Morgan fingerprint density at radius 1 is 0.969 bits per heavy atom. The maximum Gasteiger partial charge on any atom is 0.328 e. The van der Waals surface area contributed by atoms with Gasteiger partial charge in [0.05, 0.1) is 0 Å². The number of hydrogen-bond acceptors (Lipinski definition) is 8. The fourth-order valence-corrected chi connectivity index (χ4v) is 3.25. The minimum atomic E-state index is -0.827. The number of carbonyl (C=O) groups excluding carboxylic acids is 1. The molecule has 0 fully saturated rings. The number of esters is 1. The second kappa shape index (κ2) is 8.44. The molecule has 4 aromatic rings. The van der Waals surface area contributed by atoms with Crippen LogP contribution < -0.4 is 15.9 Å². The van der Waals surface area contributed by atoms with Crippen molar-refractivity contribution in [1.82, 2.24) is 0 Å². The molecule has 1 heterocycles. The summed E-state index contributed by atoms with van der Waals surface area (Å²) in [5.41, 5.74) is 6.65. The Morgan fingerprint density at radius 2 is 1.66 bits per heavy atom. The first kappa shape index (κ1) is 21.0. The van der Waals surface area contributed by atoms with E-state index < -0.39 is 34.7 Å². The van der Waals surface area contributed by atoms with E-state index in [1.807, 2.05) is 30.3 Å². The van der Waals surface area contributed by atoms with Crippen molar-refractivity contribution in [2.75, 3.05) is 0 Å². The highest BCUT2D eigenvalue weighted by molar-refractivity contribution is 5.89. The number of rotatable bonds is 5. The molecular weight excluding hydrogens is 414 g/mol. The minimum absolute atomic E-state index is 0.0947. The van der Waals surface area contributed by atoms with E-state index >= 15 is 0 Å². The van der Waals surface area contributed by atoms with Gasteiger partial charge in [0.25, 0.3) is 0 Å². The Hall–Kier alpha value is -4.30. The number of hydrogen-bond donors (Lipinski definition) is 4. The topological polar surface area (TPSA) is 143 Å². The summed E-state index contributed by atoms with van der Waals surface area (Å²) in [5.74, 6) is -2.33. The zero-order valence-corrected chi connectivity index (χ0v) is 16.7. The summed E-state index contributed by atoms with van der Waals surface area (Å²) in [4.78, 5) is 24.7. The fraction of sp³-hybridized carbons (Fsp3) is 0.0833. The van der Waals surface area contributed by atoms with Crippen LogP contribution in [0.1, 0.15) is 5.56 Å². The largest absolute Gasteiger partial charge is 0.504 e. The molecule has 0 saturated heterocycles. The molecule has 5 N–H and O–H groups in total. The number of phenols is 3. The van der Waals surface area contributed by atoms with Gasteiger partial charge < -0.3 is 30.2 Å². The van der Waals surface area contributed by atoms with Crippen molar-refractivity contribution < 1.29 is 29.3 Å². The van der Waals surface area contributed by atoms with E-state index in [1.54, 1.807) is 12.1 Å². The third-order valence-corrected chi connectivity index (χ3v) is 4.90. The molecule has 4 rings (SSSR count). The molecular formula is C24H19NO7. The van der Waals surface area contributed by atoms with Crippen molar-refractivity contribution in [3.05, 3.63) is 82.5 Å². The van der Waals surface area contributed by atoms with E-state index in [0.717, 1.165) is 17.7 Å². The molecule has 0 bridgehead atoms. The van der Waals surface area contributed by atoms with Gasteiger partial charge in [0, 0.05) is 17.7 Å². The summed E-state index contributed by atoms with van der Waals surface area (Å²) >= 11 is 0. The van der Waals surface area contributed by atoms with E-state index in [2.05, 4.69) is 0 Å². The lowest BCUT2D eigenvalue weighted by Gasteiger charge is -2.12. The van der Waals surface area contributed by atoms with Crippen LogP contribution in [0.15, 0.2) is 75.9 Å². The molecule has 1 atom stereocenters. The van der Waals surface area contributed by atoms with Crippen LogP contribution >= 0.6 is 0 Å². The van der Waals surface area contributed by atoms with Crippen molar-refractivity contribution in [3.63, 3.8) is 0 Å². The quantitative estimate of drug-likeness (QED) is 0.214. The van der Waals surface area contributed by atoms with Gasteiger partial charge in [-0.2, -0.15) is 0 Å². The molecule has 162 valence electrons. The Morgan fingerprint density at radius 3 is 2.34 bits per heavy atom. The number of aromatic hydroxyl groups is 3. The second-order valence-electron chi connectivity index (χ2n) is 7.18. The Labute approximate surface area is 181 Å².